The SMILES string of the molecule is COC(=O)c1ccc(NC(=O)Cn2nc(C(=O)Nc3ccc(OC)cc3)ccc2=O)cc1. The van der Waals surface area contributed by atoms with Gasteiger partial charge in [-0.05, 0) is 54.6 Å². The number of anilines is 2. The lowest BCUT2D eigenvalue weighted by molar-refractivity contribution is -0.117. The Bertz CT molecular complexity index is 1190. The zero-order chi connectivity index (χ0) is 23.1. The van der Waals surface area contributed by atoms with Crippen LogP contribution in [0.4, 0.5) is 11.4 Å². The van der Waals surface area contributed by atoms with Gasteiger partial charge in [0.15, 0.2) is 0 Å². The summed E-state index contributed by atoms with van der Waals surface area (Å²) in [6.45, 7) is -0.402. The van der Waals surface area contributed by atoms with Gasteiger partial charge in [0.25, 0.3) is 11.5 Å². The van der Waals surface area contributed by atoms with Gasteiger partial charge in [-0.25, -0.2) is 9.48 Å². The van der Waals surface area contributed by atoms with E-state index in [0.29, 0.717) is 22.7 Å². The Labute approximate surface area is 182 Å². The Morgan fingerprint density at radius 3 is 2.12 bits per heavy atom. The van der Waals surface area contributed by atoms with Gasteiger partial charge in [-0.2, -0.15) is 5.10 Å². The second-order valence-electron chi connectivity index (χ2n) is 6.51. The lowest BCUT2D eigenvalue weighted by Gasteiger charge is -2.09. The minimum atomic E-state index is -0.540. The lowest BCUT2D eigenvalue weighted by atomic mass is 10.2. The van der Waals surface area contributed by atoms with Crippen molar-refractivity contribution < 1.29 is 23.9 Å². The summed E-state index contributed by atoms with van der Waals surface area (Å²) in [5.74, 6) is -0.926. The first-order chi connectivity index (χ1) is 15.4. The van der Waals surface area contributed by atoms with E-state index in [1.165, 1.54) is 44.6 Å². The third-order valence-corrected chi connectivity index (χ3v) is 4.33. The van der Waals surface area contributed by atoms with Crippen LogP contribution in [0.15, 0.2) is 65.5 Å². The summed E-state index contributed by atoms with van der Waals surface area (Å²) in [5, 5.41) is 9.23. The highest BCUT2D eigenvalue weighted by atomic mass is 16.5. The first-order valence-electron chi connectivity index (χ1n) is 9.41. The Kier molecular flexibility index (Phi) is 6.96. The lowest BCUT2D eigenvalue weighted by Crippen LogP contribution is -2.31. The second kappa shape index (κ2) is 10.0. The molecule has 0 saturated heterocycles. The molecular weight excluding hydrogens is 416 g/mol. The fraction of sp³-hybridized carbons (Fsp3) is 0.136. The number of nitrogens with one attached hydrogen (secondary N) is 2. The van der Waals surface area contributed by atoms with Crippen molar-refractivity contribution in [2.45, 2.75) is 6.54 Å². The summed E-state index contributed by atoms with van der Waals surface area (Å²) in [4.78, 5) is 48.3. The number of esters is 1. The van der Waals surface area contributed by atoms with E-state index in [4.69, 9.17) is 4.74 Å². The molecule has 0 spiro atoms. The number of benzene rings is 2. The molecule has 0 aliphatic carbocycles. The average molecular weight is 436 g/mol. The van der Waals surface area contributed by atoms with Crippen molar-refractivity contribution in [3.63, 3.8) is 0 Å². The molecule has 164 valence electrons. The third kappa shape index (κ3) is 5.57. The number of amides is 2. The van der Waals surface area contributed by atoms with E-state index < -0.39 is 29.9 Å². The highest BCUT2D eigenvalue weighted by molar-refractivity contribution is 6.02. The van der Waals surface area contributed by atoms with Crippen LogP contribution in [0.3, 0.4) is 0 Å². The summed E-state index contributed by atoms with van der Waals surface area (Å²) in [6.07, 6.45) is 0. The summed E-state index contributed by atoms with van der Waals surface area (Å²) in [7, 11) is 2.81. The summed E-state index contributed by atoms with van der Waals surface area (Å²) >= 11 is 0. The van der Waals surface area contributed by atoms with Gasteiger partial charge in [-0.15, -0.1) is 0 Å². The zero-order valence-electron chi connectivity index (χ0n) is 17.3. The second-order valence-corrected chi connectivity index (χ2v) is 6.51. The number of rotatable bonds is 7. The number of hydrogen-bond acceptors (Lipinski definition) is 7. The van der Waals surface area contributed by atoms with Crippen molar-refractivity contribution in [3.05, 3.63) is 82.3 Å². The van der Waals surface area contributed by atoms with Gasteiger partial charge >= 0.3 is 5.97 Å². The zero-order valence-corrected chi connectivity index (χ0v) is 17.3. The molecule has 1 heterocycles. The van der Waals surface area contributed by atoms with E-state index in [9.17, 15) is 19.2 Å². The summed E-state index contributed by atoms with van der Waals surface area (Å²) in [6, 6.07) is 15.2. The predicted octanol–water partition coefficient (Wildman–Crippen LogP) is 1.93. The fourth-order valence-corrected chi connectivity index (χ4v) is 2.70. The Balaban J connectivity index is 1.66. The highest BCUT2D eigenvalue weighted by Gasteiger charge is 2.13. The topological polar surface area (TPSA) is 129 Å². The van der Waals surface area contributed by atoms with Crippen LogP contribution in [-0.4, -0.2) is 41.8 Å². The van der Waals surface area contributed by atoms with Crippen LogP contribution in [0.2, 0.25) is 0 Å². The van der Waals surface area contributed by atoms with E-state index in [1.54, 1.807) is 24.3 Å². The van der Waals surface area contributed by atoms with Crippen molar-refractivity contribution in [2.24, 2.45) is 0 Å². The summed E-state index contributed by atoms with van der Waals surface area (Å²) in [5.41, 5.74) is 0.699. The molecule has 0 saturated carbocycles. The molecule has 2 N–H and O–H groups in total. The molecule has 0 fully saturated rings. The van der Waals surface area contributed by atoms with Gasteiger partial charge < -0.3 is 20.1 Å². The van der Waals surface area contributed by atoms with E-state index in [2.05, 4.69) is 20.5 Å². The molecule has 2 amide bonds. The molecule has 0 unspecified atom stereocenters. The average Bonchev–Trinajstić information content (AvgIpc) is 2.81. The van der Waals surface area contributed by atoms with E-state index in [-0.39, 0.29) is 5.69 Å². The van der Waals surface area contributed by atoms with E-state index in [1.807, 2.05) is 0 Å². The van der Waals surface area contributed by atoms with E-state index >= 15 is 0 Å². The first-order valence-corrected chi connectivity index (χ1v) is 9.41. The fourth-order valence-electron chi connectivity index (χ4n) is 2.70. The molecule has 0 bridgehead atoms. The molecular formula is C22H20N4O6. The number of methoxy groups -OCH3 is 2. The van der Waals surface area contributed by atoms with Crippen LogP contribution in [0.5, 0.6) is 5.75 Å². The van der Waals surface area contributed by atoms with Crippen LogP contribution in [0.25, 0.3) is 0 Å². The number of ether oxygens (including phenoxy) is 2. The molecule has 2 aromatic carbocycles. The molecule has 0 radical (unpaired) electrons. The molecule has 32 heavy (non-hydrogen) atoms. The predicted molar refractivity (Wildman–Crippen MR) is 116 cm³/mol. The number of aromatic nitrogens is 2. The number of carbonyl (C=O) groups excluding carboxylic acids is 3. The minimum absolute atomic E-state index is 0.0318. The maximum Gasteiger partial charge on any atom is 0.337 e. The van der Waals surface area contributed by atoms with Crippen LogP contribution in [-0.2, 0) is 16.1 Å². The highest BCUT2D eigenvalue weighted by Crippen LogP contribution is 2.15. The monoisotopic (exact) mass is 436 g/mol. The van der Waals surface area contributed by atoms with Crippen molar-refractivity contribution in [1.29, 1.82) is 0 Å². The van der Waals surface area contributed by atoms with Gasteiger partial charge in [-0.3, -0.25) is 14.4 Å². The Hall–Kier alpha value is -4.47. The molecule has 3 rings (SSSR count). The maximum absolute atomic E-state index is 12.5. The number of carbonyl (C=O) groups is 3. The van der Waals surface area contributed by atoms with Crippen LogP contribution < -0.4 is 20.9 Å². The normalized spacial score (nSPS) is 10.2. The Morgan fingerprint density at radius 1 is 0.875 bits per heavy atom. The van der Waals surface area contributed by atoms with Crippen LogP contribution in [0.1, 0.15) is 20.8 Å². The van der Waals surface area contributed by atoms with E-state index in [0.717, 1.165) is 10.7 Å². The Morgan fingerprint density at radius 2 is 1.50 bits per heavy atom. The van der Waals surface area contributed by atoms with Gasteiger partial charge in [0, 0.05) is 17.4 Å². The minimum Gasteiger partial charge on any atom is -0.497 e. The van der Waals surface area contributed by atoms with Crippen molar-refractivity contribution >= 4 is 29.2 Å². The molecule has 10 heteroatoms. The number of hydrogen-bond donors (Lipinski definition) is 2. The van der Waals surface area contributed by atoms with Gasteiger partial charge in [-0.1, -0.05) is 0 Å². The molecule has 0 aliphatic rings. The van der Waals surface area contributed by atoms with Gasteiger partial charge in [0.2, 0.25) is 5.91 Å². The summed E-state index contributed by atoms with van der Waals surface area (Å²) < 4.78 is 10.6. The molecule has 1 aromatic heterocycles. The molecule has 3 aromatic rings. The number of nitrogens with zero attached hydrogens (tertiary/aromatic N) is 2. The molecule has 10 nitrogen and oxygen atoms in total. The first kappa shape index (κ1) is 22.2. The van der Waals surface area contributed by atoms with Gasteiger partial charge in [0.05, 0.1) is 19.8 Å². The van der Waals surface area contributed by atoms with Crippen molar-refractivity contribution in [1.82, 2.24) is 9.78 Å². The largest absolute Gasteiger partial charge is 0.497 e. The van der Waals surface area contributed by atoms with Gasteiger partial charge in [0.1, 0.15) is 18.0 Å². The van der Waals surface area contributed by atoms with Crippen molar-refractivity contribution in [2.75, 3.05) is 24.9 Å². The standard InChI is InChI=1S/C22H20N4O6/c1-31-17-9-7-16(8-10-17)24-21(29)18-11-12-20(28)26(25-18)13-19(27)23-15-5-3-14(4-6-15)22(30)32-2/h3-12H,13H2,1-2H3,(H,23,27)(H,24,29). The third-order valence-electron chi connectivity index (χ3n) is 4.33. The van der Waals surface area contributed by atoms with Crippen LogP contribution in [0, 0.1) is 0 Å². The quantitative estimate of drug-likeness (QED) is 0.542. The molecule has 0 aliphatic heterocycles. The molecule has 0 atom stereocenters. The smallest absolute Gasteiger partial charge is 0.337 e. The van der Waals surface area contributed by atoms with Crippen LogP contribution >= 0.6 is 0 Å². The maximum atomic E-state index is 12.5. The van der Waals surface area contributed by atoms with Crippen molar-refractivity contribution in [3.8, 4) is 5.75 Å².